The van der Waals surface area contributed by atoms with Crippen LogP contribution < -0.4 is 27.1 Å². The zero-order chi connectivity index (χ0) is 79.4. The van der Waals surface area contributed by atoms with Crippen LogP contribution >= 0.6 is 0 Å². The van der Waals surface area contributed by atoms with Crippen LogP contribution in [0.15, 0.2) is 284 Å². The van der Waals surface area contributed by atoms with Gasteiger partial charge in [0.25, 0.3) is 0 Å². The van der Waals surface area contributed by atoms with Crippen LogP contribution in [0.4, 0.5) is 58.4 Å². The van der Waals surface area contributed by atoms with Gasteiger partial charge in [0.2, 0.25) is 0 Å². The predicted octanol–water partition coefficient (Wildman–Crippen LogP) is 16.0. The van der Waals surface area contributed by atoms with E-state index in [1.54, 1.807) is 0 Å². The van der Waals surface area contributed by atoms with Crippen LogP contribution in [0.2, 0.25) is 30.7 Å². The van der Waals surface area contributed by atoms with Gasteiger partial charge in [-0.25, -0.2) is 59.9 Å². The summed E-state index contributed by atoms with van der Waals surface area (Å²) in [6, 6.07) is 81.1. The molecule has 13 heterocycles. The quantitative estimate of drug-likeness (QED) is 0.123. The molecule has 1 fully saturated rings. The molecular weight excluding hydrogens is 1520 g/mol. The molecule has 0 N–H and O–H groups in total. The fourth-order valence-corrected chi connectivity index (χ4v) is 36.8. The lowest BCUT2D eigenvalue weighted by molar-refractivity contribution is 0.492. The van der Waals surface area contributed by atoms with Crippen molar-refractivity contribution < 1.29 is 42.1 Å². The summed E-state index contributed by atoms with van der Waals surface area (Å²) in [5.41, 5.74) is 10.1. The molecule has 9 aliphatic heterocycles. The van der Waals surface area contributed by atoms with E-state index in [0.717, 1.165) is 134 Å². The third-order valence-corrected chi connectivity index (χ3v) is 37.3. The van der Waals surface area contributed by atoms with Crippen molar-refractivity contribution in [2.24, 2.45) is 59.9 Å². The molecule has 0 saturated carbocycles. The second-order valence-electron chi connectivity index (χ2n) is 26.1. The molecule has 9 aliphatic rings. The topological polar surface area (TPSA) is 187 Å². The normalized spacial score (nSPS) is 17.0. The van der Waals surface area contributed by atoms with E-state index >= 15 is 0 Å². The molecule has 13 aromatic rings. The second kappa shape index (κ2) is 33.5. The summed E-state index contributed by atoms with van der Waals surface area (Å²) in [5.74, 6) is 7.54. The van der Waals surface area contributed by atoms with Crippen molar-refractivity contribution in [2.75, 3.05) is 57.4 Å². The molecule has 9 aromatic carbocycles. The fraction of sp³-hybridized carbons (Fsp3) is 0.157. The Morgan fingerprint density at radius 3 is 0.708 bits per heavy atom. The van der Waals surface area contributed by atoms with Crippen molar-refractivity contribution in [3.8, 4) is 0 Å². The van der Waals surface area contributed by atoms with Crippen LogP contribution in [0.25, 0.3) is 43.1 Å². The smallest absolute Gasteiger partial charge is 0.509 e. The van der Waals surface area contributed by atoms with Gasteiger partial charge in [0.1, 0.15) is 45.2 Å². The van der Waals surface area contributed by atoms with Crippen LogP contribution in [-0.4, -0.2) is 165 Å². The van der Waals surface area contributed by atoms with E-state index in [0.29, 0.717) is 127 Å². The third kappa shape index (κ3) is 13.0. The van der Waals surface area contributed by atoms with Gasteiger partial charge in [0, 0.05) is 87.6 Å². The predicted molar refractivity (Wildman–Crippen MR) is 443 cm³/mol. The van der Waals surface area contributed by atoms with Gasteiger partial charge in [-0.2, -0.15) is 0 Å². The second-order valence-corrected chi connectivity index (χ2v) is 38.8. The number of aliphatic imine (C=N–C) groups is 8. The van der Waals surface area contributed by atoms with Crippen LogP contribution in [0.1, 0.15) is 44.5 Å². The molecule has 18 nitrogen and oxygen atoms in total. The first kappa shape index (κ1) is 78.3. The number of benzene rings is 9. The number of halogens is 8. The van der Waals surface area contributed by atoms with Gasteiger partial charge >= 0.3 is 29.8 Å². The number of nitrogens with zero attached hydrogens (tertiary/aromatic N) is 16. The molecule has 4 aromatic heterocycles. The van der Waals surface area contributed by atoms with E-state index < -0.39 is 46.5 Å². The maximum atomic E-state index is 9.50. The molecule has 0 atom stereocenters. The van der Waals surface area contributed by atoms with Crippen LogP contribution in [0.5, 0.6) is 0 Å². The monoisotopic (exact) mass is 1590 g/mol. The van der Waals surface area contributed by atoms with Gasteiger partial charge in [-0.15, -0.1) is 0 Å². The Bertz CT molecular complexity index is 6120. The lowest BCUT2D eigenvalue weighted by Crippen LogP contribution is -2.64. The number of fused-ring (bicyclic) bond motifs is 28. The SMILES string of the molecule is CF.CF.CF.CF.CF.CF.CF.CF.C[Si]1([O][Al]2[n]3c4c5ccccc5c3N=C3N=C(N=c5c6ccccc6c([n]52)=NC2=NC(=N4)c4ccccc42)c2ccccc23)CC[Si]([O][Al]2[n]3c4c5ccccc5c3N=C3N=C(N=c5c6ccccc6c([n]52)=NC2=NC(=N4)c4ccccc42)c2ccccc23)(c2ccccc2)CC1. The first-order valence-corrected chi connectivity index (χ1v) is 43.9. The highest BCUT2D eigenvalue weighted by Gasteiger charge is 2.56. The molecule has 1 saturated heterocycles. The number of alkyl halides is 8. The Morgan fingerprint density at radius 2 is 0.451 bits per heavy atom. The lowest BCUT2D eigenvalue weighted by atomic mass is 10.1. The van der Waals surface area contributed by atoms with E-state index in [1.807, 2.05) is 48.5 Å². The van der Waals surface area contributed by atoms with E-state index in [2.05, 4.69) is 197 Å². The van der Waals surface area contributed by atoms with E-state index in [1.165, 1.54) is 5.19 Å². The number of amidine groups is 8. The van der Waals surface area contributed by atoms with E-state index in [9.17, 15) is 35.1 Å². The summed E-state index contributed by atoms with van der Waals surface area (Å²) < 4.78 is 103. The summed E-state index contributed by atoms with van der Waals surface area (Å²) >= 11 is -6.65. The Labute approximate surface area is 655 Å². The number of rotatable bonds is 5. The molecule has 0 spiro atoms. The van der Waals surface area contributed by atoms with Crippen LogP contribution in [0.3, 0.4) is 0 Å². The molecule has 0 radical (unpaired) electrons. The number of hydrogen-bond donors (Lipinski definition) is 0. The molecule has 0 aliphatic carbocycles. The van der Waals surface area contributed by atoms with Crippen molar-refractivity contribution >= 4 is 165 Å². The summed E-state index contributed by atoms with van der Waals surface area (Å²) in [6.45, 7) is 2.45. The largest absolute Gasteiger partial charge is 0.798 e. The van der Waals surface area contributed by atoms with Crippen LogP contribution in [-0.2, 0) is 6.96 Å². The minimum atomic E-state index is -3.37. The first-order valence-electron chi connectivity index (χ1n) is 35.8. The third-order valence-electron chi connectivity index (χ3n) is 20.7. The van der Waals surface area contributed by atoms with Gasteiger partial charge in [-0.1, -0.05) is 224 Å². The average molecular weight is 1590 g/mol. The highest BCUT2D eigenvalue weighted by atomic mass is 28.4. The molecule has 566 valence electrons. The Hall–Kier alpha value is -11.4. The molecule has 113 heavy (non-hydrogen) atoms. The lowest BCUT2D eigenvalue weighted by Gasteiger charge is -2.45. The van der Waals surface area contributed by atoms with Crippen molar-refractivity contribution in [1.29, 1.82) is 0 Å². The number of hydrogen-bond acceptors (Lipinski definition) is 14. The summed E-state index contributed by atoms with van der Waals surface area (Å²) in [7, 11) is -2.23. The molecule has 22 rings (SSSR count). The zero-order valence-electron chi connectivity index (χ0n) is 62.8. The fourth-order valence-electron chi connectivity index (χ4n) is 16.0. The van der Waals surface area contributed by atoms with Crippen molar-refractivity contribution in [2.45, 2.75) is 30.7 Å². The standard InChI is InChI=1S/2C32H16N8.C11H16O2Si2.8CH3F.2Al/c2*1-2-10-18-17(9-1)25-33-26(18)38-28-21-13-5-6-14-22(21)30(35-28)40-32-24-16-8-7-15-23(24)31(36-32)39-29-20-12-4-3-11-19(20)27(34-29)37-25;1-14(12)7-9-15(13,10-8-14)11-5-3-2-4-6-11;8*1-2;;/h2*1-16H;2-6H,7-10H2,1H3;8*1H3;;/q3*-2;;;;;;;;;2*+3. The van der Waals surface area contributed by atoms with Crippen LogP contribution in [0, 0.1) is 0 Å². The highest BCUT2D eigenvalue weighted by molar-refractivity contribution is 6.95. The Balaban J connectivity index is 0.000000626. The summed E-state index contributed by atoms with van der Waals surface area (Å²) in [4.78, 5) is 67.1. The van der Waals surface area contributed by atoms with Crippen molar-refractivity contribution in [1.82, 2.24) is 14.2 Å². The molecule has 30 heteroatoms. The minimum Gasteiger partial charge on any atom is -0.509 e. The Morgan fingerprint density at radius 1 is 0.239 bits per heavy atom. The van der Waals surface area contributed by atoms with E-state index in [4.69, 9.17) is 66.9 Å². The van der Waals surface area contributed by atoms with Gasteiger partial charge in [-0.05, 0) is 35.9 Å². The maximum Gasteiger partial charge on any atom is 0.798 e. The minimum absolute atomic E-state index is 0.500. The van der Waals surface area contributed by atoms with Gasteiger partial charge < -0.3 is 21.2 Å². The van der Waals surface area contributed by atoms with Crippen molar-refractivity contribution in [3.05, 3.63) is 291 Å². The first-order chi connectivity index (χ1) is 55.9. The summed E-state index contributed by atoms with van der Waals surface area (Å²) in [6.07, 6.45) is 0. The van der Waals surface area contributed by atoms with Crippen molar-refractivity contribution in [3.63, 3.8) is 0 Å². The van der Waals surface area contributed by atoms with Gasteiger partial charge in [-0.3, -0.25) is 35.1 Å². The van der Waals surface area contributed by atoms with Gasteiger partial charge in [0.15, 0.2) is 63.3 Å². The highest BCUT2D eigenvalue weighted by Crippen LogP contribution is 2.47. The molecule has 0 unspecified atom stereocenters. The number of aromatic nitrogens is 4. The maximum absolute atomic E-state index is 9.50. The molecule has 12 bridgehead atoms. The van der Waals surface area contributed by atoms with Gasteiger partial charge in [0.05, 0.1) is 57.4 Å². The summed E-state index contributed by atoms with van der Waals surface area (Å²) in [5, 5.41) is 8.66. The Kier molecular flexibility index (Phi) is 23.2. The molecular formula is C83H72Al2F8N16O2Si2. The average Bonchev–Trinajstić information content (AvgIpc) is 1.55. The molecule has 0 amide bonds. The zero-order valence-corrected chi connectivity index (χ0v) is 67.2. The van der Waals surface area contributed by atoms with E-state index in [-0.39, 0.29) is 0 Å².